The van der Waals surface area contributed by atoms with Crippen molar-refractivity contribution in [2.75, 3.05) is 16.3 Å². The highest BCUT2D eigenvalue weighted by Gasteiger charge is 2.20. The van der Waals surface area contributed by atoms with Crippen molar-refractivity contribution in [2.45, 2.75) is 6.42 Å². The lowest BCUT2D eigenvalue weighted by atomic mass is 10.0. The zero-order valence-electron chi connectivity index (χ0n) is 25.6. The second kappa shape index (κ2) is 12.3. The van der Waals surface area contributed by atoms with E-state index in [9.17, 15) is 0 Å². The van der Waals surface area contributed by atoms with Gasteiger partial charge in [0.25, 0.3) is 0 Å². The molecule has 0 amide bonds. The highest BCUT2D eigenvalue weighted by atomic mass is 15.2. The number of hydrogen-bond donors (Lipinski definition) is 0. The predicted octanol–water partition coefficient (Wildman–Crippen LogP) is 11.9. The smallest absolute Gasteiger partial charge is 0.0462 e. The number of fused-ring (bicyclic) bond motifs is 1. The Bertz CT molecular complexity index is 1960. The number of nitrogens with zero attached hydrogens (tertiary/aromatic N) is 2. The summed E-state index contributed by atoms with van der Waals surface area (Å²) in [7, 11) is 0. The molecule has 0 fully saturated rings. The topological polar surface area (TPSA) is 6.48 Å². The minimum atomic E-state index is 1.03. The lowest BCUT2D eigenvalue weighted by molar-refractivity contribution is 0.998. The molecule has 0 aromatic heterocycles. The molecule has 0 N–H and O–H groups in total. The van der Waals surface area contributed by atoms with Crippen LogP contribution in [0.2, 0.25) is 0 Å². The molecular weight excluding hydrogens is 556 g/mol. The first-order valence-electron chi connectivity index (χ1n) is 16.0. The third-order valence-electron chi connectivity index (χ3n) is 8.99. The first-order valence-corrected chi connectivity index (χ1v) is 16.0. The summed E-state index contributed by atoms with van der Waals surface area (Å²) in [4.78, 5) is 4.76. The summed E-state index contributed by atoms with van der Waals surface area (Å²) in [5.41, 5.74) is 14.6. The predicted molar refractivity (Wildman–Crippen MR) is 195 cm³/mol. The molecule has 2 nitrogen and oxygen atoms in total. The summed E-state index contributed by atoms with van der Waals surface area (Å²) < 4.78 is 0. The fourth-order valence-corrected chi connectivity index (χ4v) is 6.56. The molecule has 7 aromatic rings. The molecule has 8 rings (SSSR count). The van der Waals surface area contributed by atoms with Crippen molar-refractivity contribution in [3.8, 4) is 33.4 Å². The van der Waals surface area contributed by atoms with Crippen LogP contribution in [0.5, 0.6) is 0 Å². The largest absolute Gasteiger partial charge is 0.341 e. The second-order valence-electron chi connectivity index (χ2n) is 11.8. The molecule has 1 aliphatic heterocycles. The van der Waals surface area contributed by atoms with Crippen molar-refractivity contribution in [1.82, 2.24) is 0 Å². The third-order valence-corrected chi connectivity index (χ3v) is 8.99. The van der Waals surface area contributed by atoms with Gasteiger partial charge in [-0.3, -0.25) is 0 Å². The van der Waals surface area contributed by atoms with Gasteiger partial charge in [-0.2, -0.15) is 0 Å². The molecule has 0 atom stereocenters. The van der Waals surface area contributed by atoms with Crippen LogP contribution in [0.4, 0.5) is 28.4 Å². The number of para-hydroxylation sites is 1. The van der Waals surface area contributed by atoms with Gasteiger partial charge in [0.15, 0.2) is 0 Å². The summed E-state index contributed by atoms with van der Waals surface area (Å²) in [5, 5.41) is 0. The molecule has 46 heavy (non-hydrogen) atoms. The monoisotopic (exact) mass is 590 g/mol. The van der Waals surface area contributed by atoms with Crippen molar-refractivity contribution < 1.29 is 0 Å². The normalized spacial score (nSPS) is 12.1. The van der Waals surface area contributed by atoms with Gasteiger partial charge in [0.1, 0.15) is 0 Å². The van der Waals surface area contributed by atoms with Gasteiger partial charge >= 0.3 is 0 Å². The Morgan fingerprint density at radius 3 is 1.17 bits per heavy atom. The van der Waals surface area contributed by atoms with Gasteiger partial charge in [0.05, 0.1) is 0 Å². The number of anilines is 5. The Labute approximate surface area is 271 Å². The van der Waals surface area contributed by atoms with Crippen LogP contribution in [-0.2, 0) is 6.42 Å². The maximum absolute atomic E-state index is 2.42. The van der Waals surface area contributed by atoms with E-state index in [1.807, 2.05) is 0 Å². The third kappa shape index (κ3) is 5.46. The summed E-state index contributed by atoms with van der Waals surface area (Å²) in [6, 6.07) is 65.5. The van der Waals surface area contributed by atoms with Gasteiger partial charge in [0.2, 0.25) is 0 Å². The Morgan fingerprint density at radius 2 is 0.717 bits per heavy atom. The molecule has 0 spiro atoms. The molecule has 220 valence electrons. The molecular formula is C44H34N2. The van der Waals surface area contributed by atoms with E-state index in [-0.39, 0.29) is 0 Å². The van der Waals surface area contributed by atoms with E-state index >= 15 is 0 Å². The van der Waals surface area contributed by atoms with Crippen LogP contribution in [-0.4, -0.2) is 6.54 Å². The van der Waals surface area contributed by atoms with E-state index < -0.39 is 0 Å². The Hall–Kier alpha value is -5.86. The Balaban J connectivity index is 1.10. The zero-order chi connectivity index (χ0) is 30.7. The van der Waals surface area contributed by atoms with Gasteiger partial charge in [-0.1, -0.05) is 127 Å². The highest BCUT2D eigenvalue weighted by molar-refractivity contribution is 5.81. The van der Waals surface area contributed by atoms with Crippen molar-refractivity contribution in [2.24, 2.45) is 0 Å². The molecule has 7 aromatic carbocycles. The number of rotatable bonds is 7. The first-order chi connectivity index (χ1) is 22.8. The van der Waals surface area contributed by atoms with Crippen molar-refractivity contribution in [3.05, 3.63) is 188 Å². The van der Waals surface area contributed by atoms with E-state index in [2.05, 4.69) is 192 Å². The Morgan fingerprint density at radius 1 is 0.348 bits per heavy atom. The molecule has 0 radical (unpaired) electrons. The van der Waals surface area contributed by atoms with E-state index in [1.54, 1.807) is 0 Å². The highest BCUT2D eigenvalue weighted by Crippen LogP contribution is 2.39. The molecule has 0 aliphatic carbocycles. The standard InChI is InChI=1S/C44H34N2/c1-3-9-33(10-4-1)35-17-25-41(26-18-35)46(42-27-19-36(20-28-42)34-11-5-2-6-12-34)43-29-21-38(22-30-43)37-15-23-40(24-16-37)45-32-31-39-13-7-8-14-44(39)45/h1-30H,31-32H2. The van der Waals surface area contributed by atoms with E-state index in [0.29, 0.717) is 0 Å². The van der Waals surface area contributed by atoms with Crippen LogP contribution in [0, 0.1) is 0 Å². The maximum Gasteiger partial charge on any atom is 0.0462 e. The molecule has 0 bridgehead atoms. The van der Waals surface area contributed by atoms with Crippen LogP contribution in [0.1, 0.15) is 5.56 Å². The minimum Gasteiger partial charge on any atom is -0.341 e. The zero-order valence-corrected chi connectivity index (χ0v) is 25.6. The van der Waals surface area contributed by atoms with Crippen molar-refractivity contribution >= 4 is 28.4 Å². The van der Waals surface area contributed by atoms with Gasteiger partial charge in [-0.05, 0) is 100.0 Å². The van der Waals surface area contributed by atoms with Crippen molar-refractivity contribution in [3.63, 3.8) is 0 Å². The summed E-state index contributed by atoms with van der Waals surface area (Å²) >= 11 is 0. The van der Waals surface area contributed by atoms with Crippen molar-refractivity contribution in [1.29, 1.82) is 0 Å². The summed E-state index contributed by atoms with van der Waals surface area (Å²) in [6.45, 7) is 1.03. The lowest BCUT2D eigenvalue weighted by Crippen LogP contribution is -2.12. The number of benzene rings is 7. The van der Waals surface area contributed by atoms with Gasteiger partial charge in [-0.25, -0.2) is 0 Å². The Kier molecular flexibility index (Phi) is 7.38. The van der Waals surface area contributed by atoms with E-state index in [0.717, 1.165) is 30.0 Å². The fraction of sp³-hybridized carbons (Fsp3) is 0.0455. The molecule has 0 saturated carbocycles. The second-order valence-corrected chi connectivity index (χ2v) is 11.8. The lowest BCUT2D eigenvalue weighted by Gasteiger charge is -2.26. The van der Waals surface area contributed by atoms with Gasteiger partial charge in [-0.15, -0.1) is 0 Å². The average Bonchev–Trinajstić information content (AvgIpc) is 3.58. The fourth-order valence-electron chi connectivity index (χ4n) is 6.56. The van der Waals surface area contributed by atoms with Crippen LogP contribution in [0.15, 0.2) is 182 Å². The molecule has 2 heteroatoms. The van der Waals surface area contributed by atoms with Gasteiger partial charge < -0.3 is 9.80 Å². The molecule has 0 saturated heterocycles. The quantitative estimate of drug-likeness (QED) is 0.182. The van der Waals surface area contributed by atoms with Gasteiger partial charge in [0, 0.05) is 35.0 Å². The van der Waals surface area contributed by atoms with E-state index in [4.69, 9.17) is 0 Å². The molecule has 1 heterocycles. The summed E-state index contributed by atoms with van der Waals surface area (Å²) in [5.74, 6) is 0. The molecule has 0 unspecified atom stereocenters. The van der Waals surface area contributed by atoms with Crippen LogP contribution in [0.3, 0.4) is 0 Å². The maximum atomic E-state index is 2.42. The average molecular weight is 591 g/mol. The number of hydrogen-bond acceptors (Lipinski definition) is 2. The SMILES string of the molecule is c1ccc(-c2ccc(N(c3ccc(-c4ccccc4)cc3)c3ccc(-c4ccc(N5CCc6ccccc65)cc4)cc3)cc2)cc1. The summed E-state index contributed by atoms with van der Waals surface area (Å²) in [6.07, 6.45) is 1.10. The minimum absolute atomic E-state index is 1.03. The van der Waals surface area contributed by atoms with E-state index in [1.165, 1.54) is 50.3 Å². The first kappa shape index (κ1) is 27.7. The van der Waals surface area contributed by atoms with Crippen LogP contribution in [0.25, 0.3) is 33.4 Å². The van der Waals surface area contributed by atoms with Crippen LogP contribution < -0.4 is 9.80 Å². The molecule has 1 aliphatic rings. The van der Waals surface area contributed by atoms with Crippen LogP contribution >= 0.6 is 0 Å².